The molecule has 3 aliphatic rings. The second kappa shape index (κ2) is 10.9. The third kappa shape index (κ3) is 5.78. The highest BCUT2D eigenvalue weighted by molar-refractivity contribution is 6.33. The monoisotopic (exact) mass is 577 g/mol. The van der Waals surface area contributed by atoms with Crippen LogP contribution in [0, 0.1) is 5.82 Å². The minimum atomic E-state index is -0.571. The fraction of sp³-hybridized carbons (Fsp3) is 0.438. The predicted octanol–water partition coefficient (Wildman–Crippen LogP) is 6.23. The molecule has 0 spiro atoms. The molecule has 2 aromatic carbocycles. The lowest BCUT2D eigenvalue weighted by molar-refractivity contribution is 0.188. The third-order valence-corrected chi connectivity index (χ3v) is 9.01. The molecule has 6 rings (SSSR count). The van der Waals surface area contributed by atoms with Gasteiger partial charge in [0.05, 0.1) is 5.02 Å². The van der Waals surface area contributed by atoms with E-state index in [1.54, 1.807) is 12.1 Å². The van der Waals surface area contributed by atoms with E-state index in [0.717, 1.165) is 50.9 Å². The summed E-state index contributed by atoms with van der Waals surface area (Å²) >= 11 is 6.68. The zero-order valence-electron chi connectivity index (χ0n) is 23.8. The number of nitrogens with zero attached hydrogens (tertiary/aromatic N) is 4. The highest BCUT2D eigenvalue weighted by Gasteiger charge is 2.48. The average Bonchev–Trinajstić information content (AvgIpc) is 3.44. The van der Waals surface area contributed by atoms with Crippen LogP contribution >= 0.6 is 11.6 Å². The van der Waals surface area contributed by atoms with Crippen molar-refractivity contribution >= 4 is 40.5 Å². The van der Waals surface area contributed by atoms with Crippen LogP contribution in [0.15, 0.2) is 48.2 Å². The van der Waals surface area contributed by atoms with Gasteiger partial charge in [-0.25, -0.2) is 4.39 Å². The molecule has 7 nitrogen and oxygen atoms in total. The number of aliphatic hydroxyl groups excluding tert-OH is 1. The first-order valence-electron chi connectivity index (χ1n) is 14.3. The van der Waals surface area contributed by atoms with Gasteiger partial charge in [0, 0.05) is 41.2 Å². The van der Waals surface area contributed by atoms with Crippen molar-refractivity contribution in [1.82, 2.24) is 20.2 Å². The minimum Gasteiger partial charge on any atom is -0.508 e. The first-order valence-corrected chi connectivity index (χ1v) is 14.7. The van der Waals surface area contributed by atoms with E-state index in [0.29, 0.717) is 17.8 Å². The van der Waals surface area contributed by atoms with Crippen LogP contribution in [0.25, 0.3) is 23.1 Å². The summed E-state index contributed by atoms with van der Waals surface area (Å²) in [6.45, 7) is 7.40. The van der Waals surface area contributed by atoms with Gasteiger partial charge in [-0.15, -0.1) is 0 Å². The van der Waals surface area contributed by atoms with Gasteiger partial charge in [-0.3, -0.25) is 0 Å². The Bertz CT molecular complexity index is 1500. The van der Waals surface area contributed by atoms with E-state index in [1.165, 1.54) is 12.2 Å². The summed E-state index contributed by atoms with van der Waals surface area (Å²) in [6.07, 6.45) is 8.82. The van der Waals surface area contributed by atoms with Crippen LogP contribution in [-0.4, -0.2) is 70.4 Å². The standard InChI is InChI=1S/C32H37ClFN5O2/c1-31-13-14-32(2,37-31)20-39(19-31)29-25-17-26(33)24(12-11-23(40)16-21-8-5-4-6-9-21)27(34)28(25)35-30(36-29)41-18-22-10-7-15-38(22)3/h4-6,8-9,11-12,16-17,22,37,40H,7,10,13-15,18-20H2,1-3H3/b12-11+,23-16+/t22-,31?,32?/m0/s1. The third-order valence-electron chi connectivity index (χ3n) is 8.70. The molecule has 0 aliphatic carbocycles. The van der Waals surface area contributed by atoms with Crippen molar-refractivity contribution in [3.05, 3.63) is 70.2 Å². The van der Waals surface area contributed by atoms with Crippen molar-refractivity contribution in [1.29, 1.82) is 0 Å². The molecule has 1 aromatic heterocycles. The second-order valence-electron chi connectivity index (χ2n) is 12.3. The van der Waals surface area contributed by atoms with Crippen LogP contribution in [0.4, 0.5) is 10.2 Å². The van der Waals surface area contributed by atoms with Crippen molar-refractivity contribution in [2.45, 2.75) is 56.7 Å². The molecule has 3 aliphatic heterocycles. The van der Waals surface area contributed by atoms with Crippen LogP contribution in [0.2, 0.25) is 5.02 Å². The van der Waals surface area contributed by atoms with Crippen molar-refractivity contribution in [3.8, 4) is 6.01 Å². The number of hydrogen-bond donors (Lipinski definition) is 2. The first kappa shape index (κ1) is 27.9. The Labute approximate surface area is 245 Å². The number of allylic oxidation sites excluding steroid dienone is 1. The number of rotatable bonds is 7. The van der Waals surface area contributed by atoms with E-state index < -0.39 is 5.82 Å². The van der Waals surface area contributed by atoms with E-state index in [1.807, 2.05) is 30.3 Å². The number of anilines is 1. The molecule has 2 N–H and O–H groups in total. The zero-order valence-corrected chi connectivity index (χ0v) is 24.6. The summed E-state index contributed by atoms with van der Waals surface area (Å²) in [5.41, 5.74) is 1.01. The SMILES string of the molecule is CN1CCC[C@H]1COc1nc(N2CC3(C)CCC(C)(C2)N3)c2cc(Cl)c(/C=C/C(O)=C\c3ccccc3)c(F)c2n1. The molecule has 3 fully saturated rings. The van der Waals surface area contributed by atoms with E-state index in [2.05, 4.69) is 41.0 Å². The first-order chi connectivity index (χ1) is 19.6. The summed E-state index contributed by atoms with van der Waals surface area (Å²) in [4.78, 5) is 13.9. The Morgan fingerprint density at radius 2 is 1.93 bits per heavy atom. The number of benzene rings is 2. The van der Waals surface area contributed by atoms with Gasteiger partial charge in [-0.2, -0.15) is 9.97 Å². The molecule has 9 heteroatoms. The van der Waals surface area contributed by atoms with Crippen LogP contribution < -0.4 is 15.0 Å². The maximum Gasteiger partial charge on any atom is 0.319 e. The molecule has 2 unspecified atom stereocenters. The van der Waals surface area contributed by atoms with Crippen LogP contribution in [0.1, 0.15) is 50.7 Å². The Balaban J connectivity index is 1.40. The number of hydrogen-bond acceptors (Lipinski definition) is 7. The van der Waals surface area contributed by atoms with Gasteiger partial charge in [0.15, 0.2) is 5.82 Å². The lowest BCUT2D eigenvalue weighted by Crippen LogP contribution is -2.63. The smallest absolute Gasteiger partial charge is 0.319 e. The van der Waals surface area contributed by atoms with Gasteiger partial charge < -0.3 is 25.0 Å². The maximum atomic E-state index is 16.2. The van der Waals surface area contributed by atoms with Gasteiger partial charge in [0.2, 0.25) is 0 Å². The maximum absolute atomic E-state index is 16.2. The number of likely N-dealkylation sites (tertiary alicyclic amines) is 1. The predicted molar refractivity (Wildman–Crippen MR) is 163 cm³/mol. The molecular formula is C32H37ClFN5O2. The van der Waals surface area contributed by atoms with Crippen molar-refractivity contribution in [2.24, 2.45) is 0 Å². The van der Waals surface area contributed by atoms with Gasteiger partial charge in [-0.1, -0.05) is 41.9 Å². The lowest BCUT2D eigenvalue weighted by Gasteiger charge is -2.45. The average molecular weight is 578 g/mol. The van der Waals surface area contributed by atoms with Crippen molar-refractivity contribution in [2.75, 3.05) is 38.2 Å². The summed E-state index contributed by atoms with van der Waals surface area (Å²) < 4.78 is 22.4. The van der Waals surface area contributed by atoms with Crippen LogP contribution in [0.3, 0.4) is 0 Å². The fourth-order valence-corrected chi connectivity index (χ4v) is 6.88. The van der Waals surface area contributed by atoms with Crippen LogP contribution in [0.5, 0.6) is 6.01 Å². The molecule has 4 heterocycles. The number of aromatic nitrogens is 2. The van der Waals surface area contributed by atoms with Crippen molar-refractivity contribution < 1.29 is 14.2 Å². The van der Waals surface area contributed by atoms with Crippen molar-refractivity contribution in [3.63, 3.8) is 0 Å². The number of aliphatic hydroxyl groups is 1. The number of piperazine rings is 1. The highest BCUT2D eigenvalue weighted by atomic mass is 35.5. The van der Waals surface area contributed by atoms with E-state index in [9.17, 15) is 5.11 Å². The van der Waals surface area contributed by atoms with Gasteiger partial charge >= 0.3 is 6.01 Å². The number of ether oxygens (including phenoxy) is 1. The number of nitrogens with one attached hydrogen (secondary N) is 1. The molecule has 41 heavy (non-hydrogen) atoms. The zero-order chi connectivity index (χ0) is 28.8. The summed E-state index contributed by atoms with van der Waals surface area (Å²) in [6, 6.07) is 11.6. The Morgan fingerprint density at radius 1 is 1.20 bits per heavy atom. The molecule has 216 valence electrons. The Kier molecular flexibility index (Phi) is 7.42. The van der Waals surface area contributed by atoms with E-state index >= 15 is 4.39 Å². The van der Waals surface area contributed by atoms with Gasteiger partial charge in [0.1, 0.15) is 23.7 Å². The Hall–Kier alpha value is -3.20. The highest BCUT2D eigenvalue weighted by Crippen LogP contribution is 2.41. The molecular weight excluding hydrogens is 541 g/mol. The molecule has 3 aromatic rings. The summed E-state index contributed by atoms with van der Waals surface area (Å²) in [7, 11) is 2.09. The summed E-state index contributed by atoms with van der Waals surface area (Å²) in [5.74, 6) is 0.0460. The largest absolute Gasteiger partial charge is 0.508 e. The second-order valence-corrected chi connectivity index (χ2v) is 12.7. The molecule has 0 radical (unpaired) electrons. The molecule has 0 saturated carbocycles. The fourth-order valence-electron chi connectivity index (χ4n) is 6.62. The number of likely N-dealkylation sites (N-methyl/N-ethyl adjacent to an activating group) is 1. The number of fused-ring (bicyclic) bond motifs is 3. The molecule has 0 amide bonds. The quantitative estimate of drug-likeness (QED) is 0.255. The molecule has 3 saturated heterocycles. The van der Waals surface area contributed by atoms with E-state index in [4.69, 9.17) is 21.3 Å². The van der Waals surface area contributed by atoms with Crippen LogP contribution in [-0.2, 0) is 0 Å². The van der Waals surface area contributed by atoms with Gasteiger partial charge in [-0.05, 0) is 83.0 Å². The minimum absolute atomic E-state index is 0.0161. The molecule has 3 atom stereocenters. The normalized spacial score (nSPS) is 26.9. The van der Waals surface area contributed by atoms with Gasteiger partial charge in [0.25, 0.3) is 0 Å². The van der Waals surface area contributed by atoms with E-state index in [-0.39, 0.29) is 45.0 Å². The number of halogens is 2. The summed E-state index contributed by atoms with van der Waals surface area (Å²) in [5, 5.41) is 15.0. The molecule has 2 bridgehead atoms. The Morgan fingerprint density at radius 3 is 2.61 bits per heavy atom. The topological polar surface area (TPSA) is 73.8 Å². The lowest BCUT2D eigenvalue weighted by atomic mass is 9.98.